The van der Waals surface area contributed by atoms with Crippen LogP contribution in [0.4, 0.5) is 4.79 Å². The van der Waals surface area contributed by atoms with E-state index in [1.807, 2.05) is 27.7 Å². The fourth-order valence-corrected chi connectivity index (χ4v) is 3.44. The maximum atomic E-state index is 12.5. The summed E-state index contributed by atoms with van der Waals surface area (Å²) >= 11 is 0.734. The number of rotatable bonds is 10. The highest BCUT2D eigenvalue weighted by atomic mass is 32.2. The number of aliphatic carboxylic acids is 1. The number of hydrogen-bond donors (Lipinski definition) is 4. The van der Waals surface area contributed by atoms with Crippen LogP contribution in [0.1, 0.15) is 47.0 Å². The summed E-state index contributed by atoms with van der Waals surface area (Å²) in [7, 11) is 0. The molecular formula is C17H27N3O6S. The number of amides is 4. The molecule has 1 fully saturated rings. The first-order valence-corrected chi connectivity index (χ1v) is 9.71. The van der Waals surface area contributed by atoms with Gasteiger partial charge in [0, 0.05) is 6.42 Å². The van der Waals surface area contributed by atoms with Crippen LogP contribution in [0.5, 0.6) is 0 Å². The molecule has 0 radical (unpaired) electrons. The minimum Gasteiger partial charge on any atom is -0.480 e. The zero-order valence-corrected chi connectivity index (χ0v) is 16.7. The van der Waals surface area contributed by atoms with E-state index >= 15 is 0 Å². The molecule has 0 aromatic heterocycles. The molecule has 0 spiro atoms. The molecule has 9 nitrogen and oxygen atoms in total. The van der Waals surface area contributed by atoms with Crippen molar-refractivity contribution in [2.45, 2.75) is 64.3 Å². The first kappa shape index (κ1) is 22.9. The molecule has 0 aliphatic carbocycles. The number of nitrogens with one attached hydrogen (secondary N) is 3. The monoisotopic (exact) mass is 401 g/mol. The van der Waals surface area contributed by atoms with E-state index in [1.165, 1.54) is 0 Å². The summed E-state index contributed by atoms with van der Waals surface area (Å²) in [6.07, 6.45) is 0.345. The number of carboxylic acid groups (broad SMARTS) is 1. The highest BCUT2D eigenvalue weighted by Crippen LogP contribution is 2.22. The van der Waals surface area contributed by atoms with Crippen molar-refractivity contribution in [1.82, 2.24) is 16.0 Å². The molecule has 1 heterocycles. The Morgan fingerprint density at radius 3 is 2.04 bits per heavy atom. The van der Waals surface area contributed by atoms with Crippen LogP contribution in [-0.2, 0) is 19.2 Å². The smallest absolute Gasteiger partial charge is 0.326 e. The third-order valence-corrected chi connectivity index (χ3v) is 4.80. The van der Waals surface area contributed by atoms with E-state index in [0.29, 0.717) is 6.42 Å². The number of thioether (sulfide) groups is 1. The van der Waals surface area contributed by atoms with Gasteiger partial charge in [-0.05, 0) is 24.7 Å². The molecule has 4 amide bonds. The van der Waals surface area contributed by atoms with Gasteiger partial charge in [0.05, 0.1) is 0 Å². The number of carbonyl (C=O) groups excluding carboxylic acids is 4. The first-order chi connectivity index (χ1) is 12.5. The summed E-state index contributed by atoms with van der Waals surface area (Å²) in [6.45, 7) is 7.44. The predicted molar refractivity (Wildman–Crippen MR) is 99.9 cm³/mol. The molecule has 1 rings (SSSR count). The van der Waals surface area contributed by atoms with Crippen LogP contribution in [0.2, 0.25) is 0 Å². The second-order valence-electron chi connectivity index (χ2n) is 7.37. The van der Waals surface area contributed by atoms with Crippen LogP contribution in [0, 0.1) is 11.8 Å². The van der Waals surface area contributed by atoms with E-state index in [4.69, 9.17) is 0 Å². The van der Waals surface area contributed by atoms with Gasteiger partial charge in [-0.25, -0.2) is 4.79 Å². The first-order valence-electron chi connectivity index (χ1n) is 8.83. The van der Waals surface area contributed by atoms with Crippen LogP contribution >= 0.6 is 11.8 Å². The lowest BCUT2D eigenvalue weighted by Crippen LogP contribution is -2.52. The Bertz CT molecular complexity index is 607. The second kappa shape index (κ2) is 10.3. The molecule has 1 aliphatic rings. The molecule has 152 valence electrons. The van der Waals surface area contributed by atoms with Crippen molar-refractivity contribution in [3.8, 4) is 0 Å². The van der Waals surface area contributed by atoms with Gasteiger partial charge in [0.15, 0.2) is 0 Å². The van der Waals surface area contributed by atoms with Crippen LogP contribution in [-0.4, -0.2) is 51.4 Å². The number of carboxylic acids is 1. The minimum absolute atomic E-state index is 0.0694. The molecule has 0 aromatic carbocycles. The van der Waals surface area contributed by atoms with Crippen molar-refractivity contribution in [1.29, 1.82) is 0 Å². The molecule has 1 aliphatic heterocycles. The quantitative estimate of drug-likeness (QED) is 0.425. The van der Waals surface area contributed by atoms with Gasteiger partial charge in [-0.15, -0.1) is 0 Å². The standard InChI is InChI=1S/C17H27N3O6S/c1-8(2)5-10(14(22)19-11(16(24)25)6-9(3)4)18-13(21)7-12-15(23)20-17(26)27-12/h8-12H,5-7H2,1-4H3,(H,18,21)(H,19,22)(H,24,25)(H,20,23,26)/t10-,11-,12?/m0/s1. The Labute approximate surface area is 162 Å². The van der Waals surface area contributed by atoms with Crippen LogP contribution < -0.4 is 16.0 Å². The van der Waals surface area contributed by atoms with Gasteiger partial charge in [-0.1, -0.05) is 39.5 Å². The maximum Gasteiger partial charge on any atom is 0.326 e. The molecule has 4 N–H and O–H groups in total. The molecular weight excluding hydrogens is 374 g/mol. The van der Waals surface area contributed by atoms with Gasteiger partial charge in [-0.2, -0.15) is 0 Å². The average Bonchev–Trinajstić information content (AvgIpc) is 2.82. The van der Waals surface area contributed by atoms with Gasteiger partial charge in [-0.3, -0.25) is 24.5 Å². The van der Waals surface area contributed by atoms with E-state index < -0.39 is 46.3 Å². The van der Waals surface area contributed by atoms with Crippen molar-refractivity contribution < 1.29 is 29.1 Å². The Hall–Kier alpha value is -2.10. The zero-order valence-electron chi connectivity index (χ0n) is 15.9. The fourth-order valence-electron chi connectivity index (χ4n) is 2.62. The number of carbonyl (C=O) groups is 5. The van der Waals surface area contributed by atoms with Crippen molar-refractivity contribution in [3.63, 3.8) is 0 Å². The third kappa shape index (κ3) is 7.98. The molecule has 1 saturated heterocycles. The summed E-state index contributed by atoms with van der Waals surface area (Å²) < 4.78 is 0. The fraction of sp³-hybridized carbons (Fsp3) is 0.706. The SMILES string of the molecule is CC(C)C[C@H](NC(=O)[C@H](CC(C)C)NC(=O)CC1SC(=O)NC1=O)C(=O)O. The second-order valence-corrected chi connectivity index (χ2v) is 8.54. The van der Waals surface area contributed by atoms with E-state index in [-0.39, 0.29) is 24.7 Å². The van der Waals surface area contributed by atoms with Crippen molar-refractivity contribution >= 4 is 40.7 Å². The van der Waals surface area contributed by atoms with Crippen molar-refractivity contribution in [2.24, 2.45) is 11.8 Å². The highest BCUT2D eigenvalue weighted by Gasteiger charge is 2.34. The van der Waals surface area contributed by atoms with Gasteiger partial charge in [0.25, 0.3) is 5.24 Å². The summed E-state index contributed by atoms with van der Waals surface area (Å²) in [5.41, 5.74) is 0. The topological polar surface area (TPSA) is 142 Å². The van der Waals surface area contributed by atoms with E-state index in [9.17, 15) is 29.1 Å². The van der Waals surface area contributed by atoms with Gasteiger partial charge < -0.3 is 15.7 Å². The Balaban J connectivity index is 2.74. The van der Waals surface area contributed by atoms with Crippen LogP contribution in [0.15, 0.2) is 0 Å². The summed E-state index contributed by atoms with van der Waals surface area (Å²) in [6, 6.07) is -1.96. The van der Waals surface area contributed by atoms with E-state index in [1.54, 1.807) is 0 Å². The lowest BCUT2D eigenvalue weighted by molar-refractivity contribution is -0.142. The Morgan fingerprint density at radius 2 is 1.59 bits per heavy atom. The lowest BCUT2D eigenvalue weighted by Gasteiger charge is -2.23. The zero-order chi connectivity index (χ0) is 20.7. The van der Waals surface area contributed by atoms with Gasteiger partial charge >= 0.3 is 5.97 Å². The summed E-state index contributed by atoms with van der Waals surface area (Å²) in [5.74, 6) is -2.66. The molecule has 27 heavy (non-hydrogen) atoms. The summed E-state index contributed by atoms with van der Waals surface area (Å²) in [4.78, 5) is 58.9. The molecule has 0 aromatic rings. The molecule has 0 saturated carbocycles. The third-order valence-electron chi connectivity index (χ3n) is 3.82. The minimum atomic E-state index is -1.13. The van der Waals surface area contributed by atoms with E-state index in [0.717, 1.165) is 11.8 Å². The molecule has 3 atom stereocenters. The molecule has 1 unspecified atom stereocenters. The Morgan fingerprint density at radius 1 is 1.04 bits per heavy atom. The number of imide groups is 1. The van der Waals surface area contributed by atoms with Crippen LogP contribution in [0.3, 0.4) is 0 Å². The largest absolute Gasteiger partial charge is 0.480 e. The van der Waals surface area contributed by atoms with Crippen molar-refractivity contribution in [3.05, 3.63) is 0 Å². The van der Waals surface area contributed by atoms with E-state index in [2.05, 4.69) is 16.0 Å². The van der Waals surface area contributed by atoms with Gasteiger partial charge in [0.1, 0.15) is 17.3 Å². The Kier molecular flexibility index (Phi) is 8.74. The molecule has 10 heteroatoms. The number of hydrogen-bond acceptors (Lipinski definition) is 6. The highest BCUT2D eigenvalue weighted by molar-refractivity contribution is 8.15. The maximum absolute atomic E-state index is 12.5. The summed E-state index contributed by atoms with van der Waals surface area (Å²) in [5, 5.41) is 15.1. The average molecular weight is 401 g/mol. The predicted octanol–water partition coefficient (Wildman–Crippen LogP) is 0.875. The van der Waals surface area contributed by atoms with Gasteiger partial charge in [0.2, 0.25) is 17.7 Å². The lowest BCUT2D eigenvalue weighted by atomic mass is 10.0. The molecule has 0 bridgehead atoms. The van der Waals surface area contributed by atoms with Crippen LogP contribution in [0.25, 0.3) is 0 Å². The normalized spacial score (nSPS) is 19.0. The van der Waals surface area contributed by atoms with Crippen molar-refractivity contribution in [2.75, 3.05) is 0 Å².